The zero-order valence-corrected chi connectivity index (χ0v) is 19.0. The number of nitrogens with zero attached hydrogens (tertiary/aromatic N) is 3. The average Bonchev–Trinajstić information content (AvgIpc) is 3.14. The van der Waals surface area contributed by atoms with Crippen LogP contribution in [0.2, 0.25) is 5.02 Å². The van der Waals surface area contributed by atoms with Gasteiger partial charge in [0.25, 0.3) is 5.91 Å². The van der Waals surface area contributed by atoms with Crippen LogP contribution in [0.4, 0.5) is 4.79 Å². The van der Waals surface area contributed by atoms with Crippen molar-refractivity contribution in [1.29, 1.82) is 0 Å². The van der Waals surface area contributed by atoms with E-state index in [1.54, 1.807) is 24.1 Å². The van der Waals surface area contributed by atoms with Gasteiger partial charge in [0.1, 0.15) is 5.65 Å². The van der Waals surface area contributed by atoms with Crippen LogP contribution in [-0.4, -0.2) is 66.2 Å². The molecule has 0 bridgehead atoms. The van der Waals surface area contributed by atoms with Gasteiger partial charge in [0.2, 0.25) is 0 Å². The van der Waals surface area contributed by atoms with Gasteiger partial charge < -0.3 is 24.1 Å². The Balaban J connectivity index is 1.74. The molecule has 1 atom stereocenters. The first-order valence-electron chi connectivity index (χ1n) is 10.4. The number of nitrogens with one attached hydrogen (secondary N) is 1. The summed E-state index contributed by atoms with van der Waals surface area (Å²) in [6.07, 6.45) is 1.93. The molecule has 3 aromatic rings. The highest BCUT2D eigenvalue weighted by Gasteiger charge is 2.28. The number of ether oxygens (including phenoxy) is 2. The quantitative estimate of drug-likeness (QED) is 0.650. The maximum Gasteiger partial charge on any atom is 0.409 e. The monoisotopic (exact) mass is 456 g/mol. The molecule has 0 spiro atoms. The second-order valence-corrected chi connectivity index (χ2v) is 8.13. The second kappa shape index (κ2) is 9.18. The van der Waals surface area contributed by atoms with Gasteiger partial charge in [0.15, 0.2) is 0 Å². The van der Waals surface area contributed by atoms with Gasteiger partial charge in [0.05, 0.1) is 42.8 Å². The molecule has 3 heterocycles. The molecule has 2 aromatic heterocycles. The Bertz CT molecular complexity index is 1180. The molecule has 1 aliphatic heterocycles. The molecule has 8 nitrogen and oxygen atoms in total. The molecular weight excluding hydrogens is 432 g/mol. The highest BCUT2D eigenvalue weighted by atomic mass is 35.5. The predicted molar refractivity (Wildman–Crippen MR) is 121 cm³/mol. The summed E-state index contributed by atoms with van der Waals surface area (Å²) in [6.45, 7) is 3.37. The molecule has 0 aliphatic carbocycles. The molecule has 1 N–H and O–H groups in total. The van der Waals surface area contributed by atoms with Gasteiger partial charge in [0, 0.05) is 37.3 Å². The zero-order chi connectivity index (χ0) is 22.8. The minimum atomic E-state index is -0.361. The lowest BCUT2D eigenvalue weighted by molar-refractivity contribution is -0.0241. The highest BCUT2D eigenvalue weighted by molar-refractivity contribution is 6.33. The fourth-order valence-corrected chi connectivity index (χ4v) is 4.22. The van der Waals surface area contributed by atoms with E-state index in [1.165, 1.54) is 7.11 Å². The number of carbonyl (C=O) groups excluding carboxylic acids is 2. The molecule has 32 heavy (non-hydrogen) atoms. The minimum Gasteiger partial charge on any atom is -0.453 e. The minimum absolute atomic E-state index is 0.206. The Hall–Kier alpha value is -3.10. The molecule has 4 rings (SSSR count). The van der Waals surface area contributed by atoms with Gasteiger partial charge in [-0.3, -0.25) is 4.79 Å². The summed E-state index contributed by atoms with van der Waals surface area (Å²) in [5, 5.41) is 3.04. The van der Waals surface area contributed by atoms with Crippen molar-refractivity contribution in [2.24, 2.45) is 0 Å². The number of methoxy groups -OCH3 is 1. The normalized spacial score (nSPS) is 16.2. The van der Waals surface area contributed by atoms with Crippen LogP contribution in [0.1, 0.15) is 21.6 Å². The number of morpholine rings is 1. The number of hydrogen-bond donors (Lipinski definition) is 1. The van der Waals surface area contributed by atoms with Crippen LogP contribution >= 0.6 is 11.6 Å². The number of rotatable bonds is 4. The number of aromatic nitrogens is 2. The van der Waals surface area contributed by atoms with E-state index >= 15 is 0 Å². The molecule has 1 saturated heterocycles. The van der Waals surface area contributed by atoms with Crippen molar-refractivity contribution < 1.29 is 19.1 Å². The first kappa shape index (κ1) is 22.1. The summed E-state index contributed by atoms with van der Waals surface area (Å²) in [5.74, 6) is -0.206. The Kier molecular flexibility index (Phi) is 6.34. The number of fused-ring (bicyclic) bond motifs is 1. The maximum atomic E-state index is 12.0. The Morgan fingerprint density at radius 2 is 2.12 bits per heavy atom. The fraction of sp³-hybridized carbons (Fsp3) is 0.348. The first-order chi connectivity index (χ1) is 15.4. The lowest BCUT2D eigenvalue weighted by Gasteiger charge is -2.32. The molecule has 1 aromatic carbocycles. The lowest BCUT2D eigenvalue weighted by atomic mass is 10.0. The number of aryl methyl sites for hydroxylation is 1. The molecule has 9 heteroatoms. The van der Waals surface area contributed by atoms with E-state index in [1.807, 2.05) is 35.7 Å². The Morgan fingerprint density at radius 3 is 2.84 bits per heavy atom. The van der Waals surface area contributed by atoms with Gasteiger partial charge in [-0.15, -0.1) is 0 Å². The summed E-state index contributed by atoms with van der Waals surface area (Å²) < 4.78 is 12.8. The van der Waals surface area contributed by atoms with Crippen LogP contribution in [0.3, 0.4) is 0 Å². The van der Waals surface area contributed by atoms with Gasteiger partial charge in [-0.05, 0) is 36.8 Å². The standard InChI is InChI=1S/C23H25ClN4O4/c1-14-6-7-28-19(12-16-13-27(8-9-32-16)23(30)31-3)21(26-20(28)10-14)17-5-4-15(11-18(17)24)22(29)25-2/h4-7,10-11,16H,8-9,12-13H2,1-3H3,(H,25,29)/t16-/m0/s1. The molecule has 2 amide bonds. The van der Waals surface area contributed by atoms with E-state index in [9.17, 15) is 9.59 Å². The first-order valence-corrected chi connectivity index (χ1v) is 10.7. The molecule has 0 radical (unpaired) electrons. The summed E-state index contributed by atoms with van der Waals surface area (Å²) in [6, 6.07) is 9.20. The van der Waals surface area contributed by atoms with Crippen LogP contribution in [0.5, 0.6) is 0 Å². The number of imidazole rings is 1. The largest absolute Gasteiger partial charge is 0.453 e. The molecular formula is C23H25ClN4O4. The van der Waals surface area contributed by atoms with Crippen molar-refractivity contribution in [2.45, 2.75) is 19.4 Å². The van der Waals surface area contributed by atoms with Gasteiger partial charge in [-0.2, -0.15) is 0 Å². The lowest BCUT2D eigenvalue weighted by Crippen LogP contribution is -2.46. The second-order valence-electron chi connectivity index (χ2n) is 7.73. The van der Waals surface area contributed by atoms with E-state index in [0.717, 1.165) is 28.2 Å². The van der Waals surface area contributed by atoms with Gasteiger partial charge in [-0.25, -0.2) is 9.78 Å². The summed E-state index contributed by atoms with van der Waals surface area (Å²) in [7, 11) is 2.96. The van der Waals surface area contributed by atoms with Crippen molar-refractivity contribution in [3.05, 3.63) is 58.4 Å². The van der Waals surface area contributed by atoms with E-state index in [0.29, 0.717) is 36.7 Å². The van der Waals surface area contributed by atoms with Crippen molar-refractivity contribution in [2.75, 3.05) is 33.9 Å². The third-order valence-corrected chi connectivity index (χ3v) is 5.90. The smallest absolute Gasteiger partial charge is 0.409 e. The number of pyridine rings is 1. The summed E-state index contributed by atoms with van der Waals surface area (Å²) in [4.78, 5) is 30.5. The average molecular weight is 457 g/mol. The van der Waals surface area contributed by atoms with Crippen LogP contribution in [0.25, 0.3) is 16.9 Å². The number of carbonyl (C=O) groups is 2. The maximum absolute atomic E-state index is 12.0. The van der Waals surface area contributed by atoms with Crippen LogP contribution in [-0.2, 0) is 15.9 Å². The van der Waals surface area contributed by atoms with Gasteiger partial charge in [-0.1, -0.05) is 17.7 Å². The summed E-state index contributed by atoms with van der Waals surface area (Å²) in [5.41, 5.74) is 4.74. The van der Waals surface area contributed by atoms with Crippen molar-refractivity contribution >= 4 is 29.2 Å². The molecule has 0 unspecified atom stereocenters. The van der Waals surface area contributed by atoms with Crippen LogP contribution < -0.4 is 5.32 Å². The number of benzene rings is 1. The van der Waals surface area contributed by atoms with Gasteiger partial charge >= 0.3 is 6.09 Å². The third kappa shape index (κ3) is 4.28. The highest BCUT2D eigenvalue weighted by Crippen LogP contribution is 2.33. The van der Waals surface area contributed by atoms with E-state index in [-0.39, 0.29) is 18.1 Å². The predicted octanol–water partition coefficient (Wildman–Crippen LogP) is 3.33. The third-order valence-electron chi connectivity index (χ3n) is 5.59. The SMILES string of the molecule is CNC(=O)c1ccc(-c2nc3cc(C)ccn3c2C[C@H]2CN(C(=O)OC)CCO2)c(Cl)c1. The molecule has 1 aliphatic rings. The number of amides is 2. The van der Waals surface area contributed by atoms with E-state index < -0.39 is 0 Å². The van der Waals surface area contributed by atoms with Crippen molar-refractivity contribution in [3.8, 4) is 11.3 Å². The van der Waals surface area contributed by atoms with Crippen LogP contribution in [0.15, 0.2) is 36.5 Å². The van der Waals surface area contributed by atoms with Crippen molar-refractivity contribution in [3.63, 3.8) is 0 Å². The zero-order valence-electron chi connectivity index (χ0n) is 18.2. The number of hydrogen-bond acceptors (Lipinski definition) is 5. The molecule has 0 saturated carbocycles. The number of halogens is 1. The fourth-order valence-electron chi connectivity index (χ4n) is 3.95. The molecule has 1 fully saturated rings. The Morgan fingerprint density at radius 1 is 1.31 bits per heavy atom. The van der Waals surface area contributed by atoms with E-state index in [4.69, 9.17) is 26.1 Å². The van der Waals surface area contributed by atoms with E-state index in [2.05, 4.69) is 5.32 Å². The molecule has 168 valence electrons. The topological polar surface area (TPSA) is 85.2 Å². The van der Waals surface area contributed by atoms with Crippen molar-refractivity contribution in [1.82, 2.24) is 19.6 Å². The van der Waals surface area contributed by atoms with Crippen LogP contribution in [0, 0.1) is 6.92 Å². The Labute approximate surface area is 191 Å². The summed E-state index contributed by atoms with van der Waals surface area (Å²) >= 11 is 6.59.